The minimum atomic E-state index is -0.699. The molecular formula is C14H10F2N4. The average Bonchev–Trinajstić information content (AvgIpc) is 2.82. The number of rotatable bonds is 2. The van der Waals surface area contributed by atoms with Crippen LogP contribution in [0, 0.1) is 11.6 Å². The number of nitrogen functional groups attached to an aromatic ring is 1. The fourth-order valence-electron chi connectivity index (χ4n) is 2.02. The number of aromatic nitrogens is 3. The summed E-state index contributed by atoms with van der Waals surface area (Å²) in [4.78, 5) is 4.17. The standard InChI is InChI=1S/C14H10F2N4/c15-8-4-5-9(10(16)7-8)12-13(19-20-14(12)17)11-3-1-2-6-18-11/h1-7H,(H3,17,19,20). The molecule has 4 nitrogen and oxygen atoms in total. The predicted octanol–water partition coefficient (Wildman–Crippen LogP) is 3.00. The first-order valence-corrected chi connectivity index (χ1v) is 5.87. The van der Waals surface area contributed by atoms with E-state index in [0.717, 1.165) is 6.07 Å². The maximum atomic E-state index is 13.9. The third kappa shape index (κ3) is 2.01. The summed E-state index contributed by atoms with van der Waals surface area (Å²) >= 11 is 0. The second-order valence-corrected chi connectivity index (χ2v) is 4.20. The van der Waals surface area contributed by atoms with Crippen LogP contribution in [-0.2, 0) is 0 Å². The summed E-state index contributed by atoms with van der Waals surface area (Å²) in [5.74, 6) is -1.21. The monoisotopic (exact) mass is 272 g/mol. The summed E-state index contributed by atoms with van der Waals surface area (Å²) in [5.41, 5.74) is 7.42. The highest BCUT2D eigenvalue weighted by Crippen LogP contribution is 2.35. The van der Waals surface area contributed by atoms with Crippen molar-refractivity contribution in [2.45, 2.75) is 0 Å². The lowest BCUT2D eigenvalue weighted by Crippen LogP contribution is -1.93. The minimum Gasteiger partial charge on any atom is -0.382 e. The normalized spacial score (nSPS) is 10.7. The van der Waals surface area contributed by atoms with Gasteiger partial charge in [-0.1, -0.05) is 6.07 Å². The second-order valence-electron chi connectivity index (χ2n) is 4.20. The van der Waals surface area contributed by atoms with Crippen LogP contribution in [-0.4, -0.2) is 15.2 Å². The Balaban J connectivity index is 2.22. The van der Waals surface area contributed by atoms with Crippen LogP contribution in [0.25, 0.3) is 22.5 Å². The lowest BCUT2D eigenvalue weighted by Gasteiger charge is -2.05. The molecule has 0 aliphatic heterocycles. The first-order chi connectivity index (χ1) is 9.66. The smallest absolute Gasteiger partial charge is 0.153 e. The summed E-state index contributed by atoms with van der Waals surface area (Å²) < 4.78 is 26.9. The van der Waals surface area contributed by atoms with Crippen molar-refractivity contribution in [3.8, 4) is 22.5 Å². The number of H-pyrrole nitrogens is 1. The fourth-order valence-corrected chi connectivity index (χ4v) is 2.02. The van der Waals surface area contributed by atoms with Crippen LogP contribution in [0.2, 0.25) is 0 Å². The SMILES string of the molecule is Nc1n[nH]c(-c2ccccn2)c1-c1ccc(F)cc1F. The van der Waals surface area contributed by atoms with Gasteiger partial charge in [0.25, 0.3) is 0 Å². The van der Waals surface area contributed by atoms with Crippen LogP contribution < -0.4 is 5.73 Å². The highest BCUT2D eigenvalue weighted by atomic mass is 19.1. The molecule has 0 saturated heterocycles. The van der Waals surface area contributed by atoms with Gasteiger partial charge in [-0.3, -0.25) is 10.1 Å². The Morgan fingerprint density at radius 3 is 2.65 bits per heavy atom. The molecule has 0 saturated carbocycles. The van der Waals surface area contributed by atoms with Crippen molar-refractivity contribution in [3.63, 3.8) is 0 Å². The van der Waals surface area contributed by atoms with Gasteiger partial charge >= 0.3 is 0 Å². The zero-order chi connectivity index (χ0) is 14.1. The molecule has 0 bridgehead atoms. The number of benzene rings is 1. The number of halogens is 2. The van der Waals surface area contributed by atoms with Gasteiger partial charge < -0.3 is 5.73 Å². The first kappa shape index (κ1) is 12.3. The Hall–Kier alpha value is -2.76. The van der Waals surface area contributed by atoms with Crippen LogP contribution in [0.3, 0.4) is 0 Å². The van der Waals surface area contributed by atoms with Crippen molar-refractivity contribution >= 4 is 5.82 Å². The maximum Gasteiger partial charge on any atom is 0.153 e. The number of anilines is 1. The molecule has 0 atom stereocenters. The molecule has 6 heteroatoms. The third-order valence-electron chi connectivity index (χ3n) is 2.92. The van der Waals surface area contributed by atoms with Crippen LogP contribution in [0.5, 0.6) is 0 Å². The number of nitrogens with one attached hydrogen (secondary N) is 1. The van der Waals surface area contributed by atoms with E-state index < -0.39 is 11.6 Å². The second kappa shape index (κ2) is 4.73. The number of nitrogens with zero attached hydrogens (tertiary/aromatic N) is 2. The van der Waals surface area contributed by atoms with Crippen LogP contribution in [0.4, 0.5) is 14.6 Å². The summed E-state index contributed by atoms with van der Waals surface area (Å²) in [6, 6.07) is 8.62. The van der Waals surface area contributed by atoms with Gasteiger partial charge in [-0.05, 0) is 24.3 Å². The number of hydrogen-bond donors (Lipinski definition) is 2. The van der Waals surface area contributed by atoms with E-state index in [1.165, 1.54) is 12.1 Å². The van der Waals surface area contributed by atoms with Gasteiger partial charge in [0.15, 0.2) is 5.82 Å². The molecule has 2 heterocycles. The van der Waals surface area contributed by atoms with E-state index in [1.54, 1.807) is 24.4 Å². The maximum absolute atomic E-state index is 13.9. The van der Waals surface area contributed by atoms with Gasteiger partial charge in [0, 0.05) is 17.8 Å². The zero-order valence-electron chi connectivity index (χ0n) is 10.3. The number of aromatic amines is 1. The molecule has 0 aliphatic carbocycles. The topological polar surface area (TPSA) is 67.6 Å². The molecule has 0 amide bonds. The van der Waals surface area contributed by atoms with E-state index in [1.807, 2.05) is 0 Å². The molecule has 1 aromatic carbocycles. The molecule has 3 rings (SSSR count). The number of hydrogen-bond acceptors (Lipinski definition) is 3. The summed E-state index contributed by atoms with van der Waals surface area (Å²) in [7, 11) is 0. The molecule has 0 radical (unpaired) electrons. The van der Waals surface area contributed by atoms with Gasteiger partial charge in [0.2, 0.25) is 0 Å². The van der Waals surface area contributed by atoms with E-state index in [9.17, 15) is 8.78 Å². The van der Waals surface area contributed by atoms with Crippen molar-refractivity contribution in [3.05, 3.63) is 54.2 Å². The van der Waals surface area contributed by atoms with E-state index in [0.29, 0.717) is 17.0 Å². The minimum absolute atomic E-state index is 0.135. The van der Waals surface area contributed by atoms with Gasteiger partial charge in [-0.15, -0.1) is 0 Å². The molecule has 0 fully saturated rings. The van der Waals surface area contributed by atoms with Gasteiger partial charge in [0.05, 0.1) is 17.0 Å². The lowest BCUT2D eigenvalue weighted by molar-refractivity contribution is 0.585. The van der Waals surface area contributed by atoms with Gasteiger partial charge in [-0.2, -0.15) is 5.10 Å². The van der Waals surface area contributed by atoms with Gasteiger partial charge in [-0.25, -0.2) is 8.78 Å². The molecule has 0 unspecified atom stereocenters. The summed E-state index contributed by atoms with van der Waals surface area (Å²) in [6.07, 6.45) is 1.61. The third-order valence-corrected chi connectivity index (χ3v) is 2.92. The van der Waals surface area contributed by atoms with Crippen LogP contribution >= 0.6 is 0 Å². The number of nitrogens with two attached hydrogens (primary N) is 1. The Morgan fingerprint density at radius 1 is 1.10 bits per heavy atom. The lowest BCUT2D eigenvalue weighted by atomic mass is 10.0. The molecule has 0 aliphatic rings. The predicted molar refractivity (Wildman–Crippen MR) is 71.6 cm³/mol. The Labute approximate surface area is 113 Å². The molecule has 3 N–H and O–H groups in total. The summed E-state index contributed by atoms with van der Waals surface area (Å²) in [5, 5.41) is 6.62. The molecule has 20 heavy (non-hydrogen) atoms. The van der Waals surface area contributed by atoms with Crippen molar-refractivity contribution in [2.24, 2.45) is 0 Å². The molecular weight excluding hydrogens is 262 g/mol. The molecule has 100 valence electrons. The Kier molecular flexibility index (Phi) is 2.90. The summed E-state index contributed by atoms with van der Waals surface area (Å²) in [6.45, 7) is 0. The highest BCUT2D eigenvalue weighted by Gasteiger charge is 2.18. The van der Waals surface area contributed by atoms with Crippen molar-refractivity contribution in [2.75, 3.05) is 5.73 Å². The number of pyridine rings is 1. The van der Waals surface area contributed by atoms with E-state index in [2.05, 4.69) is 15.2 Å². The van der Waals surface area contributed by atoms with E-state index in [-0.39, 0.29) is 11.4 Å². The first-order valence-electron chi connectivity index (χ1n) is 5.87. The highest BCUT2D eigenvalue weighted by molar-refractivity contribution is 5.86. The van der Waals surface area contributed by atoms with E-state index >= 15 is 0 Å². The van der Waals surface area contributed by atoms with Crippen molar-refractivity contribution in [1.29, 1.82) is 0 Å². The quantitative estimate of drug-likeness (QED) is 0.753. The Bertz CT molecular complexity index is 753. The van der Waals surface area contributed by atoms with Crippen LogP contribution in [0.1, 0.15) is 0 Å². The zero-order valence-corrected chi connectivity index (χ0v) is 10.3. The molecule has 0 spiro atoms. The molecule has 3 aromatic rings. The van der Waals surface area contributed by atoms with Crippen LogP contribution in [0.15, 0.2) is 42.6 Å². The van der Waals surface area contributed by atoms with Crippen molar-refractivity contribution < 1.29 is 8.78 Å². The largest absolute Gasteiger partial charge is 0.382 e. The Morgan fingerprint density at radius 2 is 1.95 bits per heavy atom. The van der Waals surface area contributed by atoms with Crippen molar-refractivity contribution in [1.82, 2.24) is 15.2 Å². The average molecular weight is 272 g/mol. The molecule has 2 aromatic heterocycles. The van der Waals surface area contributed by atoms with Gasteiger partial charge in [0.1, 0.15) is 11.6 Å². The fraction of sp³-hybridized carbons (Fsp3) is 0. The van der Waals surface area contributed by atoms with E-state index in [4.69, 9.17) is 5.73 Å².